The van der Waals surface area contributed by atoms with Gasteiger partial charge in [-0.3, -0.25) is 0 Å². The van der Waals surface area contributed by atoms with Gasteiger partial charge in [0.15, 0.2) is 4.98 Å². The number of nitrogens with zero attached hydrogens (tertiary/aromatic N) is 3. The van der Waals surface area contributed by atoms with E-state index < -0.39 is 7.81 Å². The maximum atomic E-state index is 9.87. The van der Waals surface area contributed by atoms with Crippen LogP contribution in [0.1, 0.15) is 25.7 Å². The molecule has 0 saturated carbocycles. The largest absolute Gasteiger partial charge is 0.386 e. The van der Waals surface area contributed by atoms with Crippen molar-refractivity contribution in [2.45, 2.75) is 25.7 Å². The van der Waals surface area contributed by atoms with Gasteiger partial charge in [0.25, 0.3) is 0 Å². The Hall–Kier alpha value is -1.26. The fourth-order valence-corrected chi connectivity index (χ4v) is 2.42. The first-order valence-electron chi connectivity index (χ1n) is 6.72. The molecule has 0 atom stereocenters. The third-order valence-electron chi connectivity index (χ3n) is 2.99. The van der Waals surface area contributed by atoms with Crippen LogP contribution in [0.4, 0.5) is 36.6 Å². The van der Waals surface area contributed by atoms with E-state index in [1.165, 1.54) is 25.7 Å². The van der Waals surface area contributed by atoms with E-state index in [1.54, 1.807) is 12.1 Å². The number of halogens is 7. The van der Waals surface area contributed by atoms with Crippen molar-refractivity contribution in [3.05, 3.63) is 28.2 Å². The Morgan fingerprint density at radius 3 is 1.83 bits per heavy atom. The Morgan fingerprint density at radius 2 is 1.43 bits per heavy atom. The zero-order valence-electron chi connectivity index (χ0n) is 11.9. The van der Waals surface area contributed by atoms with E-state index in [0.29, 0.717) is 10.7 Å². The van der Waals surface area contributed by atoms with Crippen LogP contribution in [0, 0.1) is 5.39 Å². The summed E-state index contributed by atoms with van der Waals surface area (Å²) in [4.78, 5) is 5.45. The second-order valence-electron chi connectivity index (χ2n) is 5.10. The first-order chi connectivity index (χ1) is 10.3. The standard InChI is InChI=1S/C12H15ClN3.F6P/c13-11-9-10(15-14)5-6-12(11)16-7-3-1-2-4-8-16;1-7(2,3,4,5)6/h5-6,9H,1-4,7-8H2;/q+1;-1. The third-order valence-corrected chi connectivity index (χ3v) is 3.30. The van der Waals surface area contributed by atoms with Crippen LogP contribution < -0.4 is 4.90 Å². The topological polar surface area (TPSA) is 31.4 Å². The predicted octanol–water partition coefficient (Wildman–Crippen LogP) is 7.59. The molecular formula is C12H15ClF6N3P. The summed E-state index contributed by atoms with van der Waals surface area (Å²) in [5.74, 6) is 0. The summed E-state index contributed by atoms with van der Waals surface area (Å²) < 4.78 is 59.2. The average Bonchev–Trinajstić information content (AvgIpc) is 2.63. The quantitative estimate of drug-likeness (QED) is 0.285. The molecule has 0 aliphatic carbocycles. The van der Waals surface area contributed by atoms with E-state index in [9.17, 15) is 25.2 Å². The molecule has 1 fully saturated rings. The van der Waals surface area contributed by atoms with Crippen molar-refractivity contribution in [1.29, 1.82) is 5.39 Å². The fraction of sp³-hybridized carbons (Fsp3) is 0.500. The number of rotatable bonds is 1. The zero-order chi connectivity index (χ0) is 17.8. The van der Waals surface area contributed by atoms with Crippen LogP contribution in [-0.4, -0.2) is 13.1 Å². The molecule has 0 amide bonds. The zero-order valence-corrected chi connectivity index (χ0v) is 13.6. The summed E-state index contributed by atoms with van der Waals surface area (Å²) in [6, 6.07) is 5.41. The van der Waals surface area contributed by atoms with Crippen molar-refractivity contribution in [1.82, 2.24) is 0 Å². The van der Waals surface area contributed by atoms with Crippen molar-refractivity contribution >= 4 is 30.8 Å². The second-order valence-corrected chi connectivity index (χ2v) is 7.42. The number of hydrogen-bond donors (Lipinski definition) is 0. The van der Waals surface area contributed by atoms with Gasteiger partial charge >= 0.3 is 38.7 Å². The Labute approximate surface area is 134 Å². The van der Waals surface area contributed by atoms with Crippen LogP contribution in [0.15, 0.2) is 18.2 Å². The first-order valence-corrected chi connectivity index (χ1v) is 9.13. The molecule has 1 saturated heterocycles. The van der Waals surface area contributed by atoms with Gasteiger partial charge in [-0.25, -0.2) is 0 Å². The second kappa shape index (κ2) is 6.33. The Bertz CT molecular complexity index is 579. The van der Waals surface area contributed by atoms with Gasteiger partial charge in [0.05, 0.1) is 16.8 Å². The minimum atomic E-state index is -10.7. The molecule has 1 aromatic rings. The van der Waals surface area contributed by atoms with Gasteiger partial charge in [0, 0.05) is 19.2 Å². The molecule has 11 heteroatoms. The molecule has 1 aliphatic rings. The molecule has 0 unspecified atom stereocenters. The molecule has 0 bridgehead atoms. The van der Waals surface area contributed by atoms with E-state index in [4.69, 9.17) is 17.0 Å². The van der Waals surface area contributed by atoms with Crippen molar-refractivity contribution in [2.24, 2.45) is 0 Å². The molecule has 0 radical (unpaired) electrons. The van der Waals surface area contributed by atoms with Crippen LogP contribution in [0.2, 0.25) is 5.02 Å². The van der Waals surface area contributed by atoms with Crippen LogP contribution in [-0.2, 0) is 0 Å². The van der Waals surface area contributed by atoms with Crippen LogP contribution >= 0.6 is 19.4 Å². The van der Waals surface area contributed by atoms with Crippen molar-refractivity contribution < 1.29 is 25.2 Å². The molecule has 23 heavy (non-hydrogen) atoms. The average molecular weight is 382 g/mol. The van der Waals surface area contributed by atoms with Crippen molar-refractivity contribution in [3.8, 4) is 0 Å². The van der Waals surface area contributed by atoms with Gasteiger partial charge in [0.2, 0.25) is 5.39 Å². The summed E-state index contributed by atoms with van der Waals surface area (Å²) in [6.45, 7) is 2.13. The first kappa shape index (κ1) is 19.8. The minimum absolute atomic E-state index is 0.503. The van der Waals surface area contributed by atoms with Crippen molar-refractivity contribution in [3.63, 3.8) is 0 Å². The normalized spacial score (nSPS) is 18.6. The Balaban J connectivity index is 0.000000322. The molecule has 1 aromatic carbocycles. The molecule has 0 spiro atoms. The van der Waals surface area contributed by atoms with Crippen LogP contribution in [0.3, 0.4) is 0 Å². The summed E-state index contributed by atoms with van der Waals surface area (Å²) in [5.41, 5.74) is 1.56. The fourth-order valence-electron chi connectivity index (χ4n) is 2.13. The van der Waals surface area contributed by atoms with Gasteiger partial charge in [-0.2, -0.15) is 0 Å². The number of hydrogen-bond acceptors (Lipinski definition) is 2. The Kier molecular flexibility index (Phi) is 5.44. The smallest absolute Gasteiger partial charge is 0.370 e. The molecule has 1 aliphatic heterocycles. The summed E-state index contributed by atoms with van der Waals surface area (Å²) in [6.07, 6.45) is 5.06. The van der Waals surface area contributed by atoms with E-state index in [1.807, 2.05) is 6.07 Å². The Morgan fingerprint density at radius 1 is 0.957 bits per heavy atom. The summed E-state index contributed by atoms with van der Waals surface area (Å²) in [5, 5.41) is 9.33. The molecular weight excluding hydrogens is 367 g/mol. The van der Waals surface area contributed by atoms with E-state index >= 15 is 0 Å². The van der Waals surface area contributed by atoms with Crippen LogP contribution in [0.25, 0.3) is 4.98 Å². The molecule has 0 aromatic heterocycles. The monoisotopic (exact) mass is 381 g/mol. The molecule has 2 rings (SSSR count). The van der Waals surface area contributed by atoms with Gasteiger partial charge in [-0.05, 0) is 18.9 Å². The summed E-state index contributed by atoms with van der Waals surface area (Å²) in [7, 11) is -10.7. The third kappa shape index (κ3) is 10.2. The van der Waals surface area contributed by atoms with Crippen molar-refractivity contribution in [2.75, 3.05) is 18.0 Å². The minimum Gasteiger partial charge on any atom is -0.370 e. The van der Waals surface area contributed by atoms with Gasteiger partial charge in [0.1, 0.15) is 0 Å². The number of diazo groups is 1. The maximum Gasteiger partial charge on any atom is 0.386 e. The van der Waals surface area contributed by atoms with Gasteiger partial charge in [-0.15, -0.1) is 0 Å². The van der Waals surface area contributed by atoms with E-state index in [2.05, 4.69) is 9.88 Å². The van der Waals surface area contributed by atoms with Gasteiger partial charge in [-0.1, -0.05) is 24.4 Å². The number of benzene rings is 1. The summed E-state index contributed by atoms with van der Waals surface area (Å²) >= 11 is 6.18. The SMILES string of the molecule is F[P-](F)(F)(F)(F)F.N#[N+]c1ccc(N2CCCCCC2)c(Cl)c1. The molecule has 3 nitrogen and oxygen atoms in total. The van der Waals surface area contributed by atoms with E-state index in [-0.39, 0.29) is 0 Å². The molecule has 1 heterocycles. The van der Waals surface area contributed by atoms with E-state index in [0.717, 1.165) is 18.8 Å². The molecule has 0 N–H and O–H groups in total. The predicted molar refractivity (Wildman–Crippen MR) is 80.4 cm³/mol. The number of anilines is 1. The van der Waals surface area contributed by atoms with Crippen LogP contribution in [0.5, 0.6) is 0 Å². The maximum absolute atomic E-state index is 10.7. The van der Waals surface area contributed by atoms with Gasteiger partial charge < -0.3 is 4.90 Å². The molecule has 132 valence electrons.